The van der Waals surface area contributed by atoms with Crippen molar-refractivity contribution in [1.82, 2.24) is 0 Å². The Labute approximate surface area is 84.4 Å². The van der Waals surface area contributed by atoms with Crippen molar-refractivity contribution in [3.05, 3.63) is 12.2 Å². The lowest BCUT2D eigenvalue weighted by atomic mass is 10.0. The molecule has 0 aliphatic carbocycles. The van der Waals surface area contributed by atoms with Gasteiger partial charge in [-0.15, -0.1) is 0 Å². The Balaban J connectivity index is 3.07. The largest absolute Gasteiger partial charge is 0.0885 e. The molecule has 1 atom stereocenters. The lowest BCUT2D eigenvalue weighted by Gasteiger charge is -2.05. The molecule has 0 spiro atoms. The van der Waals surface area contributed by atoms with Crippen molar-refractivity contribution in [1.29, 1.82) is 0 Å². The molecule has 0 nitrogen and oxygen atoms in total. The van der Waals surface area contributed by atoms with Gasteiger partial charge in [0.25, 0.3) is 0 Å². The molecule has 78 valence electrons. The Morgan fingerprint density at radius 1 is 1.00 bits per heavy atom. The molecule has 0 saturated carbocycles. The summed E-state index contributed by atoms with van der Waals surface area (Å²) in [7, 11) is 0. The molecule has 0 amide bonds. The maximum atomic E-state index is 2.35. The van der Waals surface area contributed by atoms with Gasteiger partial charge in [-0.3, -0.25) is 0 Å². The standard InChI is InChI=1S/C13H26/c1-4-6-7-8-9-10-11-12-13(3)5-2/h7-8,13H,4-6,9-12H2,1-3H3. The number of allylic oxidation sites excluding steroid dienone is 2. The molecule has 0 rings (SSSR count). The predicted molar refractivity (Wildman–Crippen MR) is 62.0 cm³/mol. The van der Waals surface area contributed by atoms with E-state index < -0.39 is 0 Å². The first-order chi connectivity index (χ1) is 6.31. The van der Waals surface area contributed by atoms with Gasteiger partial charge in [-0.25, -0.2) is 0 Å². The zero-order valence-corrected chi connectivity index (χ0v) is 9.68. The molecule has 1 unspecified atom stereocenters. The van der Waals surface area contributed by atoms with Crippen LogP contribution in [-0.2, 0) is 0 Å². The highest BCUT2D eigenvalue weighted by Gasteiger charge is 1.96. The fourth-order valence-corrected chi connectivity index (χ4v) is 1.36. The van der Waals surface area contributed by atoms with E-state index in [0.717, 1.165) is 5.92 Å². The van der Waals surface area contributed by atoms with Crippen molar-refractivity contribution < 1.29 is 0 Å². The van der Waals surface area contributed by atoms with E-state index in [0.29, 0.717) is 0 Å². The van der Waals surface area contributed by atoms with Crippen LogP contribution in [0.5, 0.6) is 0 Å². The van der Waals surface area contributed by atoms with Crippen LogP contribution in [0.1, 0.15) is 65.7 Å². The van der Waals surface area contributed by atoms with Crippen LogP contribution >= 0.6 is 0 Å². The van der Waals surface area contributed by atoms with E-state index in [1.54, 1.807) is 0 Å². The molecule has 13 heavy (non-hydrogen) atoms. The van der Waals surface area contributed by atoms with Crippen molar-refractivity contribution >= 4 is 0 Å². The van der Waals surface area contributed by atoms with E-state index in [2.05, 4.69) is 32.9 Å². The molecule has 0 aliphatic rings. The Morgan fingerprint density at radius 3 is 2.31 bits per heavy atom. The smallest absolute Gasteiger partial charge is 0.0351 e. The van der Waals surface area contributed by atoms with Crippen LogP contribution in [0, 0.1) is 5.92 Å². The predicted octanol–water partition coefficient (Wildman–Crippen LogP) is 4.95. The molecule has 0 aliphatic heterocycles. The number of hydrogen-bond donors (Lipinski definition) is 0. The minimum atomic E-state index is 0.930. The summed E-state index contributed by atoms with van der Waals surface area (Å²) in [5.41, 5.74) is 0. The Morgan fingerprint density at radius 2 is 1.69 bits per heavy atom. The van der Waals surface area contributed by atoms with Crippen LogP contribution in [0.15, 0.2) is 12.2 Å². The summed E-state index contributed by atoms with van der Waals surface area (Å²) in [5.74, 6) is 0.930. The molecular formula is C13H26. The van der Waals surface area contributed by atoms with Gasteiger partial charge in [0.1, 0.15) is 0 Å². The molecule has 0 aromatic carbocycles. The lowest BCUT2D eigenvalue weighted by molar-refractivity contribution is 0.486. The van der Waals surface area contributed by atoms with Crippen LogP contribution in [0.4, 0.5) is 0 Å². The molecule has 0 aromatic heterocycles. The third-order valence-corrected chi connectivity index (χ3v) is 2.64. The molecule has 0 N–H and O–H groups in total. The summed E-state index contributed by atoms with van der Waals surface area (Å²) in [4.78, 5) is 0. The van der Waals surface area contributed by atoms with Gasteiger partial charge in [-0.1, -0.05) is 58.6 Å². The summed E-state index contributed by atoms with van der Waals surface area (Å²) in [6.07, 6.45) is 14.0. The van der Waals surface area contributed by atoms with Crippen molar-refractivity contribution in [3.63, 3.8) is 0 Å². The molecule has 0 bridgehead atoms. The summed E-state index contributed by atoms with van der Waals surface area (Å²) in [6, 6.07) is 0. The summed E-state index contributed by atoms with van der Waals surface area (Å²) < 4.78 is 0. The minimum Gasteiger partial charge on any atom is -0.0885 e. The summed E-state index contributed by atoms with van der Waals surface area (Å²) in [6.45, 7) is 6.87. The molecule has 0 saturated heterocycles. The highest BCUT2D eigenvalue weighted by atomic mass is 14.0. The van der Waals surface area contributed by atoms with E-state index in [-0.39, 0.29) is 0 Å². The highest BCUT2D eigenvalue weighted by Crippen LogP contribution is 2.12. The quantitative estimate of drug-likeness (QED) is 0.368. The lowest BCUT2D eigenvalue weighted by Crippen LogP contribution is -1.90. The Bertz CT molecular complexity index is 113. The SMILES string of the molecule is CCCC=CCCCCC(C)CC. The molecule has 0 aromatic rings. The van der Waals surface area contributed by atoms with E-state index in [1.807, 2.05) is 0 Å². The van der Waals surface area contributed by atoms with Crippen molar-refractivity contribution in [2.75, 3.05) is 0 Å². The van der Waals surface area contributed by atoms with Crippen LogP contribution in [0.25, 0.3) is 0 Å². The Kier molecular flexibility index (Phi) is 9.63. The normalized spacial score (nSPS) is 13.8. The van der Waals surface area contributed by atoms with E-state index in [9.17, 15) is 0 Å². The average Bonchev–Trinajstić information content (AvgIpc) is 2.16. The molecular weight excluding hydrogens is 156 g/mol. The summed E-state index contributed by atoms with van der Waals surface area (Å²) >= 11 is 0. The van der Waals surface area contributed by atoms with Gasteiger partial charge in [0.05, 0.1) is 0 Å². The molecule has 0 radical (unpaired) electrons. The molecule has 0 fully saturated rings. The first-order valence-electron chi connectivity index (χ1n) is 5.96. The number of unbranched alkanes of at least 4 members (excludes halogenated alkanes) is 3. The van der Waals surface area contributed by atoms with Crippen molar-refractivity contribution in [2.24, 2.45) is 5.92 Å². The van der Waals surface area contributed by atoms with Crippen LogP contribution in [-0.4, -0.2) is 0 Å². The van der Waals surface area contributed by atoms with Gasteiger partial charge in [0.15, 0.2) is 0 Å². The maximum absolute atomic E-state index is 2.35. The zero-order valence-electron chi connectivity index (χ0n) is 9.68. The second kappa shape index (κ2) is 9.83. The fourth-order valence-electron chi connectivity index (χ4n) is 1.36. The second-order valence-electron chi connectivity index (χ2n) is 4.06. The summed E-state index contributed by atoms with van der Waals surface area (Å²) in [5, 5.41) is 0. The van der Waals surface area contributed by atoms with Gasteiger partial charge < -0.3 is 0 Å². The average molecular weight is 182 g/mol. The third kappa shape index (κ3) is 9.66. The van der Waals surface area contributed by atoms with E-state index in [1.165, 1.54) is 44.9 Å². The van der Waals surface area contributed by atoms with Crippen LogP contribution < -0.4 is 0 Å². The number of hydrogen-bond acceptors (Lipinski definition) is 0. The van der Waals surface area contributed by atoms with Gasteiger partial charge in [-0.2, -0.15) is 0 Å². The Hall–Kier alpha value is -0.260. The topological polar surface area (TPSA) is 0 Å². The first-order valence-corrected chi connectivity index (χ1v) is 5.96. The monoisotopic (exact) mass is 182 g/mol. The highest BCUT2D eigenvalue weighted by molar-refractivity contribution is 4.80. The zero-order chi connectivity index (χ0) is 9.94. The van der Waals surface area contributed by atoms with Gasteiger partial charge in [0, 0.05) is 0 Å². The van der Waals surface area contributed by atoms with E-state index >= 15 is 0 Å². The molecule has 0 heteroatoms. The van der Waals surface area contributed by atoms with E-state index in [4.69, 9.17) is 0 Å². The second-order valence-corrected chi connectivity index (χ2v) is 4.06. The van der Waals surface area contributed by atoms with Crippen LogP contribution in [0.2, 0.25) is 0 Å². The van der Waals surface area contributed by atoms with Crippen molar-refractivity contribution in [3.8, 4) is 0 Å². The maximum Gasteiger partial charge on any atom is -0.0351 e. The van der Waals surface area contributed by atoms with Gasteiger partial charge in [-0.05, 0) is 25.2 Å². The fraction of sp³-hybridized carbons (Fsp3) is 0.846. The number of rotatable bonds is 8. The minimum absolute atomic E-state index is 0.930. The van der Waals surface area contributed by atoms with Gasteiger partial charge >= 0.3 is 0 Å². The first kappa shape index (κ1) is 12.7. The van der Waals surface area contributed by atoms with Gasteiger partial charge in [0.2, 0.25) is 0 Å². The molecule has 0 heterocycles. The van der Waals surface area contributed by atoms with Crippen LogP contribution in [0.3, 0.4) is 0 Å². The third-order valence-electron chi connectivity index (χ3n) is 2.64. The van der Waals surface area contributed by atoms with Crippen molar-refractivity contribution in [2.45, 2.75) is 65.7 Å².